The van der Waals surface area contributed by atoms with Gasteiger partial charge in [-0.15, -0.1) is 6.42 Å². The van der Waals surface area contributed by atoms with Crippen LogP contribution in [-0.4, -0.2) is 22.5 Å². The molecule has 5 nitrogen and oxygen atoms in total. The quantitative estimate of drug-likeness (QED) is 0.668. The number of hydrogen-bond acceptors (Lipinski definition) is 3. The number of amides is 3. The van der Waals surface area contributed by atoms with E-state index < -0.39 is 11.6 Å². The fraction of sp³-hybridized carbons (Fsp3) is 0.211. The normalized spacial score (nSPS) is 24.8. The van der Waals surface area contributed by atoms with Crippen LogP contribution in [0.1, 0.15) is 29.9 Å². The van der Waals surface area contributed by atoms with E-state index in [0.717, 1.165) is 10.5 Å². The number of aromatic nitrogens is 1. The molecule has 1 aromatic heterocycles. The summed E-state index contributed by atoms with van der Waals surface area (Å²) in [6.07, 6.45) is 9.39. The number of imide groups is 1. The smallest absolute Gasteiger partial charge is 0.323 e. The van der Waals surface area contributed by atoms with Crippen LogP contribution in [-0.2, 0) is 4.79 Å². The highest BCUT2D eigenvalue weighted by Gasteiger charge is 2.59. The van der Waals surface area contributed by atoms with Crippen LogP contribution in [0, 0.1) is 12.3 Å². The highest BCUT2D eigenvalue weighted by molar-refractivity contribution is 6.31. The summed E-state index contributed by atoms with van der Waals surface area (Å²) in [4.78, 5) is 30.4. The molecular weight excluding hydrogens is 338 g/mol. The molecule has 0 radical (unpaired) electrons. The van der Waals surface area contributed by atoms with Gasteiger partial charge in [-0.05, 0) is 36.5 Å². The number of nitrogens with one attached hydrogen (secondary N) is 1. The Labute approximate surface area is 150 Å². The molecule has 0 bridgehead atoms. The number of anilines is 1. The lowest BCUT2D eigenvalue weighted by atomic mass is 9.65. The predicted octanol–water partition coefficient (Wildman–Crippen LogP) is 3.09. The van der Waals surface area contributed by atoms with Gasteiger partial charge in [0, 0.05) is 16.8 Å². The zero-order valence-corrected chi connectivity index (χ0v) is 14.0. The Hall–Kier alpha value is -2.84. The second kappa shape index (κ2) is 5.61. The third kappa shape index (κ3) is 2.38. The Morgan fingerprint density at radius 1 is 1.28 bits per heavy atom. The molecule has 25 heavy (non-hydrogen) atoms. The molecule has 1 aliphatic carbocycles. The first-order valence-electron chi connectivity index (χ1n) is 7.87. The largest absolute Gasteiger partial charge is 0.329 e. The van der Waals surface area contributed by atoms with Gasteiger partial charge in [-0.25, -0.2) is 9.69 Å². The van der Waals surface area contributed by atoms with Gasteiger partial charge in [0.25, 0.3) is 5.91 Å². The van der Waals surface area contributed by atoms with Gasteiger partial charge in [-0.1, -0.05) is 35.7 Å². The summed E-state index contributed by atoms with van der Waals surface area (Å²) >= 11 is 6.24. The topological polar surface area (TPSA) is 62.3 Å². The van der Waals surface area contributed by atoms with E-state index in [4.69, 9.17) is 18.0 Å². The standard InChI is InChI=1S/C19H14ClN3O2/c1-2-12-7-14(11-21-10-12)23-17(24)19(22-18(23)25)8-13(9-19)15-5-3-4-6-16(15)20/h1,3-7,10-11,13H,8-9H2,(H,22,25). The van der Waals surface area contributed by atoms with Crippen molar-refractivity contribution in [3.8, 4) is 12.3 Å². The minimum absolute atomic E-state index is 0.146. The Morgan fingerprint density at radius 3 is 2.76 bits per heavy atom. The number of nitrogens with zero attached hydrogens (tertiary/aromatic N) is 2. The minimum atomic E-state index is -0.868. The lowest BCUT2D eigenvalue weighted by Crippen LogP contribution is -2.56. The summed E-state index contributed by atoms with van der Waals surface area (Å²) in [5.41, 5.74) is 1.04. The summed E-state index contributed by atoms with van der Waals surface area (Å²) in [7, 11) is 0. The molecule has 0 atom stereocenters. The van der Waals surface area contributed by atoms with E-state index in [1.807, 2.05) is 24.3 Å². The van der Waals surface area contributed by atoms with Crippen molar-refractivity contribution in [2.24, 2.45) is 0 Å². The second-order valence-electron chi connectivity index (χ2n) is 6.36. The first-order valence-corrected chi connectivity index (χ1v) is 8.25. The monoisotopic (exact) mass is 351 g/mol. The van der Waals surface area contributed by atoms with Crippen molar-refractivity contribution in [1.82, 2.24) is 10.3 Å². The van der Waals surface area contributed by atoms with Crippen LogP contribution >= 0.6 is 11.6 Å². The van der Waals surface area contributed by atoms with Crippen molar-refractivity contribution in [3.05, 3.63) is 58.9 Å². The molecular formula is C19H14ClN3O2. The fourth-order valence-electron chi connectivity index (χ4n) is 3.57. The summed E-state index contributed by atoms with van der Waals surface area (Å²) in [5.74, 6) is 2.34. The molecule has 2 aliphatic rings. The maximum atomic E-state index is 12.9. The number of halogens is 1. The number of carbonyl (C=O) groups is 2. The highest BCUT2D eigenvalue weighted by Crippen LogP contribution is 2.49. The molecule has 2 heterocycles. The SMILES string of the molecule is C#Cc1cncc(N2C(=O)NC3(CC(c4ccccc4Cl)C3)C2=O)c1. The second-order valence-corrected chi connectivity index (χ2v) is 6.76. The maximum Gasteiger partial charge on any atom is 0.329 e. The van der Waals surface area contributed by atoms with Crippen LogP contribution in [0.25, 0.3) is 0 Å². The first kappa shape index (κ1) is 15.7. The van der Waals surface area contributed by atoms with Gasteiger partial charge < -0.3 is 5.32 Å². The van der Waals surface area contributed by atoms with E-state index in [0.29, 0.717) is 29.1 Å². The third-order valence-electron chi connectivity index (χ3n) is 4.85. The number of rotatable bonds is 2. The summed E-state index contributed by atoms with van der Waals surface area (Å²) in [6, 6.07) is 8.74. The van der Waals surface area contributed by atoms with Crippen LogP contribution in [0.3, 0.4) is 0 Å². The Balaban J connectivity index is 1.59. The average Bonchev–Trinajstić information content (AvgIpc) is 2.85. The minimum Gasteiger partial charge on any atom is -0.323 e. The third-order valence-corrected chi connectivity index (χ3v) is 5.19. The zero-order valence-electron chi connectivity index (χ0n) is 13.2. The number of pyridine rings is 1. The molecule has 1 aliphatic heterocycles. The van der Waals surface area contributed by atoms with Gasteiger partial charge in [0.05, 0.1) is 11.9 Å². The van der Waals surface area contributed by atoms with E-state index in [9.17, 15) is 9.59 Å². The summed E-state index contributed by atoms with van der Waals surface area (Å²) < 4.78 is 0. The van der Waals surface area contributed by atoms with Gasteiger partial charge >= 0.3 is 6.03 Å². The zero-order chi connectivity index (χ0) is 17.6. The van der Waals surface area contributed by atoms with E-state index in [2.05, 4.69) is 16.2 Å². The molecule has 1 N–H and O–H groups in total. The van der Waals surface area contributed by atoms with Crippen LogP contribution < -0.4 is 10.2 Å². The number of carbonyl (C=O) groups excluding carboxylic acids is 2. The van der Waals surface area contributed by atoms with Gasteiger partial charge in [0.1, 0.15) is 5.54 Å². The first-order chi connectivity index (χ1) is 12.0. The average molecular weight is 352 g/mol. The Kier molecular flexibility index (Phi) is 3.52. The molecule has 2 fully saturated rings. The van der Waals surface area contributed by atoms with Crippen molar-refractivity contribution >= 4 is 29.2 Å². The lowest BCUT2D eigenvalue weighted by Gasteiger charge is -2.43. The van der Waals surface area contributed by atoms with Gasteiger partial charge in [0.15, 0.2) is 0 Å². The van der Waals surface area contributed by atoms with Crippen molar-refractivity contribution in [2.45, 2.75) is 24.3 Å². The van der Waals surface area contributed by atoms with E-state index in [1.54, 1.807) is 6.07 Å². The van der Waals surface area contributed by atoms with Crippen molar-refractivity contribution in [2.75, 3.05) is 4.90 Å². The Morgan fingerprint density at radius 2 is 2.04 bits per heavy atom. The molecule has 0 unspecified atom stereocenters. The lowest BCUT2D eigenvalue weighted by molar-refractivity contribution is -0.125. The van der Waals surface area contributed by atoms with E-state index in [1.165, 1.54) is 12.4 Å². The molecule has 1 saturated heterocycles. The molecule has 2 aromatic rings. The molecule has 3 amide bonds. The van der Waals surface area contributed by atoms with Crippen LogP contribution in [0.5, 0.6) is 0 Å². The van der Waals surface area contributed by atoms with Gasteiger partial charge in [-0.2, -0.15) is 0 Å². The number of hydrogen-bond donors (Lipinski definition) is 1. The van der Waals surface area contributed by atoms with E-state index >= 15 is 0 Å². The fourth-order valence-corrected chi connectivity index (χ4v) is 3.86. The molecule has 1 saturated carbocycles. The van der Waals surface area contributed by atoms with Crippen molar-refractivity contribution < 1.29 is 9.59 Å². The van der Waals surface area contributed by atoms with Crippen molar-refractivity contribution in [1.29, 1.82) is 0 Å². The molecule has 124 valence electrons. The van der Waals surface area contributed by atoms with Crippen LogP contribution in [0.2, 0.25) is 5.02 Å². The maximum absolute atomic E-state index is 12.9. The molecule has 6 heteroatoms. The number of terminal acetylenes is 1. The number of benzene rings is 1. The van der Waals surface area contributed by atoms with E-state index in [-0.39, 0.29) is 11.8 Å². The van der Waals surface area contributed by atoms with Gasteiger partial charge in [-0.3, -0.25) is 9.78 Å². The molecule has 1 spiro atoms. The summed E-state index contributed by atoms with van der Waals surface area (Å²) in [6.45, 7) is 0. The molecule has 4 rings (SSSR count). The van der Waals surface area contributed by atoms with Crippen LogP contribution in [0.4, 0.5) is 10.5 Å². The number of urea groups is 1. The Bertz CT molecular complexity index is 928. The molecule has 1 aromatic carbocycles. The predicted molar refractivity (Wildman–Crippen MR) is 94.3 cm³/mol. The highest BCUT2D eigenvalue weighted by atomic mass is 35.5. The summed E-state index contributed by atoms with van der Waals surface area (Å²) in [5, 5.41) is 3.52. The van der Waals surface area contributed by atoms with Gasteiger partial charge in [0.2, 0.25) is 0 Å². The van der Waals surface area contributed by atoms with Crippen molar-refractivity contribution in [3.63, 3.8) is 0 Å². The van der Waals surface area contributed by atoms with Crippen LogP contribution in [0.15, 0.2) is 42.7 Å².